The van der Waals surface area contributed by atoms with E-state index in [-0.39, 0.29) is 12.4 Å². The van der Waals surface area contributed by atoms with Gasteiger partial charge in [0, 0.05) is 18.7 Å². The summed E-state index contributed by atoms with van der Waals surface area (Å²) < 4.78 is 6.77. The minimum Gasteiger partial charge on any atom is -0.383 e. The molecular weight excluding hydrogens is 418 g/mol. The van der Waals surface area contributed by atoms with Crippen LogP contribution in [0.2, 0.25) is 0 Å². The highest BCUT2D eigenvalue weighted by molar-refractivity contribution is 5.63. The molecule has 3 aromatic rings. The third-order valence-corrected chi connectivity index (χ3v) is 6.33. The molecule has 1 aliphatic carbocycles. The molecule has 8 nitrogen and oxygen atoms in total. The van der Waals surface area contributed by atoms with Gasteiger partial charge in [-0.2, -0.15) is 0 Å². The molecule has 0 atom stereocenters. The Morgan fingerprint density at radius 2 is 1.97 bits per heavy atom. The molecule has 1 aromatic carbocycles. The number of nitrogens with two attached hydrogens (primary N) is 1. The standard InChI is InChI=1S/C25H31N5O3/c1-17-21(18(2)33-28-17)16-29(14-13-19-9-5-3-6-10-19)22-23(26)30(25(32)27-24(22)31)15-20-11-7-4-8-12-20/h4,7-9,11-12H,3,5-6,10,13-16,26H2,1-2H3,(H,27,31,32). The number of nitrogens with one attached hydrogen (secondary N) is 1. The average Bonchev–Trinajstić information content (AvgIpc) is 3.13. The molecule has 8 heteroatoms. The van der Waals surface area contributed by atoms with Gasteiger partial charge in [0.05, 0.1) is 12.2 Å². The summed E-state index contributed by atoms with van der Waals surface area (Å²) in [5.41, 5.74) is 9.83. The summed E-state index contributed by atoms with van der Waals surface area (Å²) in [6.45, 7) is 5.05. The zero-order valence-corrected chi connectivity index (χ0v) is 19.3. The maximum atomic E-state index is 13.0. The summed E-state index contributed by atoms with van der Waals surface area (Å²) >= 11 is 0. The normalized spacial score (nSPS) is 13.7. The average molecular weight is 450 g/mol. The van der Waals surface area contributed by atoms with Crippen LogP contribution in [0.25, 0.3) is 0 Å². The van der Waals surface area contributed by atoms with Gasteiger partial charge in [0.15, 0.2) is 0 Å². The van der Waals surface area contributed by atoms with Crippen molar-refractivity contribution in [3.63, 3.8) is 0 Å². The number of hydrogen-bond acceptors (Lipinski definition) is 6. The van der Waals surface area contributed by atoms with E-state index in [1.807, 2.05) is 49.1 Å². The number of rotatable bonds is 8. The molecule has 33 heavy (non-hydrogen) atoms. The van der Waals surface area contributed by atoms with Crippen molar-refractivity contribution in [2.24, 2.45) is 0 Å². The first-order valence-corrected chi connectivity index (χ1v) is 11.4. The van der Waals surface area contributed by atoms with Crippen molar-refractivity contribution in [2.45, 2.75) is 59.0 Å². The molecule has 0 amide bonds. The second kappa shape index (κ2) is 9.94. The third kappa shape index (κ3) is 5.10. The van der Waals surface area contributed by atoms with Crippen LogP contribution in [0.15, 0.2) is 56.1 Å². The second-order valence-corrected chi connectivity index (χ2v) is 8.65. The molecule has 0 saturated carbocycles. The second-order valence-electron chi connectivity index (χ2n) is 8.65. The molecule has 2 heterocycles. The highest BCUT2D eigenvalue weighted by Crippen LogP contribution is 2.26. The third-order valence-electron chi connectivity index (χ3n) is 6.33. The SMILES string of the molecule is Cc1noc(C)c1CN(CCC1=CCCCC1)c1c(N)n(Cc2ccccc2)c(=O)[nH]c1=O. The first-order chi connectivity index (χ1) is 15.9. The van der Waals surface area contributed by atoms with Crippen molar-refractivity contribution < 1.29 is 4.52 Å². The van der Waals surface area contributed by atoms with Gasteiger partial charge in [-0.3, -0.25) is 14.3 Å². The van der Waals surface area contributed by atoms with E-state index in [0.717, 1.165) is 36.1 Å². The fraction of sp³-hybridized carbons (Fsp3) is 0.400. The van der Waals surface area contributed by atoms with Crippen LogP contribution in [0.4, 0.5) is 11.5 Å². The van der Waals surface area contributed by atoms with Gasteiger partial charge in [-0.25, -0.2) is 4.79 Å². The minimum atomic E-state index is -0.516. The molecule has 0 unspecified atom stereocenters. The molecule has 174 valence electrons. The smallest absolute Gasteiger partial charge is 0.330 e. The fourth-order valence-electron chi connectivity index (χ4n) is 4.40. The summed E-state index contributed by atoms with van der Waals surface area (Å²) in [5, 5.41) is 4.06. The Labute approximate surface area is 192 Å². The number of aromatic amines is 1. The fourth-order valence-corrected chi connectivity index (χ4v) is 4.40. The first kappa shape index (κ1) is 22.6. The van der Waals surface area contributed by atoms with E-state index in [2.05, 4.69) is 16.2 Å². The van der Waals surface area contributed by atoms with E-state index < -0.39 is 11.2 Å². The van der Waals surface area contributed by atoms with Crippen LogP contribution in [0.3, 0.4) is 0 Å². The van der Waals surface area contributed by atoms with Crippen LogP contribution in [0, 0.1) is 13.8 Å². The van der Waals surface area contributed by atoms with Gasteiger partial charge in [-0.05, 0) is 51.5 Å². The van der Waals surface area contributed by atoms with Gasteiger partial charge in [-0.1, -0.05) is 47.1 Å². The summed E-state index contributed by atoms with van der Waals surface area (Å²) in [6.07, 6.45) is 7.74. The minimum absolute atomic E-state index is 0.164. The zero-order valence-electron chi connectivity index (χ0n) is 19.3. The van der Waals surface area contributed by atoms with E-state index in [4.69, 9.17) is 10.3 Å². The molecule has 4 rings (SSSR count). The quantitative estimate of drug-likeness (QED) is 0.508. The first-order valence-electron chi connectivity index (χ1n) is 11.4. The Morgan fingerprint density at radius 3 is 2.64 bits per heavy atom. The number of aryl methyl sites for hydroxylation is 2. The highest BCUT2D eigenvalue weighted by atomic mass is 16.5. The van der Waals surface area contributed by atoms with Crippen LogP contribution < -0.4 is 21.9 Å². The summed E-state index contributed by atoms with van der Waals surface area (Å²) in [5.74, 6) is 0.874. The van der Waals surface area contributed by atoms with Gasteiger partial charge in [0.25, 0.3) is 5.56 Å². The molecule has 0 bridgehead atoms. The van der Waals surface area contributed by atoms with Crippen LogP contribution >= 0.6 is 0 Å². The largest absolute Gasteiger partial charge is 0.383 e. The number of H-pyrrole nitrogens is 1. The summed E-state index contributed by atoms with van der Waals surface area (Å²) in [7, 11) is 0. The molecular formula is C25H31N5O3. The Morgan fingerprint density at radius 1 is 1.18 bits per heavy atom. The lowest BCUT2D eigenvalue weighted by Crippen LogP contribution is -2.39. The van der Waals surface area contributed by atoms with E-state index in [1.165, 1.54) is 23.0 Å². The van der Waals surface area contributed by atoms with Gasteiger partial charge in [0.1, 0.15) is 17.3 Å². The lowest BCUT2D eigenvalue weighted by atomic mass is 9.97. The Kier molecular flexibility index (Phi) is 6.82. The van der Waals surface area contributed by atoms with E-state index in [9.17, 15) is 9.59 Å². The molecule has 1 aliphatic rings. The van der Waals surface area contributed by atoms with Crippen molar-refractivity contribution in [2.75, 3.05) is 17.2 Å². The van der Waals surface area contributed by atoms with Gasteiger partial charge in [-0.15, -0.1) is 0 Å². The molecule has 2 aromatic heterocycles. The Balaban J connectivity index is 1.73. The predicted octanol–water partition coefficient (Wildman–Crippen LogP) is 3.67. The van der Waals surface area contributed by atoms with Crippen molar-refractivity contribution in [1.29, 1.82) is 0 Å². The van der Waals surface area contributed by atoms with Crippen LogP contribution in [0.1, 0.15) is 54.7 Å². The molecule has 0 fully saturated rings. The van der Waals surface area contributed by atoms with Gasteiger partial charge in [0.2, 0.25) is 0 Å². The number of anilines is 2. The van der Waals surface area contributed by atoms with Crippen molar-refractivity contribution in [1.82, 2.24) is 14.7 Å². The number of aromatic nitrogens is 3. The topological polar surface area (TPSA) is 110 Å². The van der Waals surface area contributed by atoms with E-state index >= 15 is 0 Å². The van der Waals surface area contributed by atoms with Crippen molar-refractivity contribution in [3.05, 3.63) is 85.4 Å². The predicted molar refractivity (Wildman–Crippen MR) is 129 cm³/mol. The lowest BCUT2D eigenvalue weighted by Gasteiger charge is -2.27. The molecule has 0 saturated heterocycles. The highest BCUT2D eigenvalue weighted by Gasteiger charge is 2.22. The Hall–Kier alpha value is -3.55. The number of benzene rings is 1. The molecule has 0 aliphatic heterocycles. The maximum Gasteiger partial charge on any atom is 0.330 e. The molecule has 3 N–H and O–H groups in total. The number of allylic oxidation sites excluding steroid dienone is 1. The van der Waals surface area contributed by atoms with Gasteiger partial charge < -0.3 is 15.2 Å². The number of nitrogens with zero attached hydrogens (tertiary/aromatic N) is 3. The number of nitrogen functional groups attached to an aromatic ring is 1. The summed E-state index contributed by atoms with van der Waals surface area (Å²) in [4.78, 5) is 30.1. The van der Waals surface area contributed by atoms with Crippen LogP contribution in [0.5, 0.6) is 0 Å². The molecule has 0 spiro atoms. The van der Waals surface area contributed by atoms with E-state index in [1.54, 1.807) is 0 Å². The van der Waals surface area contributed by atoms with Crippen LogP contribution in [-0.2, 0) is 13.1 Å². The van der Waals surface area contributed by atoms with Crippen LogP contribution in [-0.4, -0.2) is 21.3 Å². The van der Waals surface area contributed by atoms with E-state index in [0.29, 0.717) is 24.5 Å². The lowest BCUT2D eigenvalue weighted by molar-refractivity contribution is 0.392. The van der Waals surface area contributed by atoms with Gasteiger partial charge >= 0.3 is 5.69 Å². The number of hydrogen-bond donors (Lipinski definition) is 2. The van der Waals surface area contributed by atoms with Crippen molar-refractivity contribution >= 4 is 11.5 Å². The Bertz CT molecular complexity index is 1230. The molecule has 0 radical (unpaired) electrons. The summed E-state index contributed by atoms with van der Waals surface area (Å²) in [6, 6.07) is 9.58. The maximum absolute atomic E-state index is 13.0. The van der Waals surface area contributed by atoms with Crippen molar-refractivity contribution in [3.8, 4) is 0 Å². The zero-order chi connectivity index (χ0) is 23.4. The monoisotopic (exact) mass is 449 g/mol.